The van der Waals surface area contributed by atoms with Gasteiger partial charge < -0.3 is 15.0 Å². The summed E-state index contributed by atoms with van der Waals surface area (Å²) in [4.78, 5) is 10.7. The van der Waals surface area contributed by atoms with Gasteiger partial charge in [0.05, 0.1) is 7.11 Å². The molecule has 1 N–H and O–H groups in total. The van der Waals surface area contributed by atoms with Gasteiger partial charge in [0.1, 0.15) is 6.33 Å². The van der Waals surface area contributed by atoms with Crippen LogP contribution in [0.4, 0.5) is 17.3 Å². The van der Waals surface area contributed by atoms with Gasteiger partial charge in [-0.15, -0.1) is 0 Å². The molecule has 0 amide bonds. The Morgan fingerprint density at radius 2 is 1.90 bits per heavy atom. The standard InChI is InChI=1S/C15H20N4O/c1-4-16-14-13(20-3)15(18-11-17-14)19(5-2)12-9-7-6-8-10-12/h6-11H,4-5H2,1-3H3,(H,16,17,18). The van der Waals surface area contributed by atoms with Crippen LogP contribution >= 0.6 is 0 Å². The Hall–Kier alpha value is -2.30. The Balaban J connectivity index is 2.47. The third-order valence-corrected chi connectivity index (χ3v) is 2.97. The normalized spacial score (nSPS) is 10.2. The first-order valence-corrected chi connectivity index (χ1v) is 6.77. The van der Waals surface area contributed by atoms with Crippen LogP contribution in [0.15, 0.2) is 36.7 Å². The van der Waals surface area contributed by atoms with Crippen molar-refractivity contribution in [1.82, 2.24) is 9.97 Å². The van der Waals surface area contributed by atoms with Gasteiger partial charge in [0.2, 0.25) is 5.75 Å². The van der Waals surface area contributed by atoms with Crippen molar-refractivity contribution in [2.75, 3.05) is 30.4 Å². The Labute approximate surface area is 119 Å². The van der Waals surface area contributed by atoms with Crippen molar-refractivity contribution in [2.24, 2.45) is 0 Å². The summed E-state index contributed by atoms with van der Waals surface area (Å²) in [6.07, 6.45) is 1.56. The lowest BCUT2D eigenvalue weighted by Gasteiger charge is -2.24. The van der Waals surface area contributed by atoms with Crippen LogP contribution in [0.2, 0.25) is 0 Å². The van der Waals surface area contributed by atoms with Crippen molar-refractivity contribution in [1.29, 1.82) is 0 Å². The predicted octanol–water partition coefficient (Wildman–Crippen LogP) is 3.08. The molecule has 106 valence electrons. The summed E-state index contributed by atoms with van der Waals surface area (Å²) in [7, 11) is 1.64. The topological polar surface area (TPSA) is 50.3 Å². The summed E-state index contributed by atoms with van der Waals surface area (Å²) in [6, 6.07) is 10.1. The summed E-state index contributed by atoms with van der Waals surface area (Å²) in [5, 5.41) is 3.20. The summed E-state index contributed by atoms with van der Waals surface area (Å²) in [5.41, 5.74) is 1.08. The summed E-state index contributed by atoms with van der Waals surface area (Å²) < 4.78 is 5.50. The lowest BCUT2D eigenvalue weighted by atomic mass is 10.2. The van der Waals surface area contributed by atoms with Crippen molar-refractivity contribution >= 4 is 17.3 Å². The van der Waals surface area contributed by atoms with Crippen LogP contribution in [0.5, 0.6) is 5.75 Å². The second-order valence-corrected chi connectivity index (χ2v) is 4.19. The van der Waals surface area contributed by atoms with E-state index in [1.807, 2.05) is 25.1 Å². The lowest BCUT2D eigenvalue weighted by Crippen LogP contribution is -2.19. The minimum atomic E-state index is 0.667. The molecule has 5 nitrogen and oxygen atoms in total. The van der Waals surface area contributed by atoms with Crippen molar-refractivity contribution in [3.05, 3.63) is 36.7 Å². The number of benzene rings is 1. The van der Waals surface area contributed by atoms with Gasteiger partial charge in [-0.05, 0) is 26.0 Å². The predicted molar refractivity (Wildman–Crippen MR) is 81.9 cm³/mol. The summed E-state index contributed by atoms with van der Waals surface area (Å²) in [6.45, 7) is 5.69. The van der Waals surface area contributed by atoms with Crippen LogP contribution in [-0.4, -0.2) is 30.2 Å². The van der Waals surface area contributed by atoms with E-state index in [4.69, 9.17) is 4.74 Å². The number of rotatable bonds is 6. The van der Waals surface area contributed by atoms with Gasteiger partial charge in [0.15, 0.2) is 11.6 Å². The van der Waals surface area contributed by atoms with E-state index < -0.39 is 0 Å². The van der Waals surface area contributed by atoms with Gasteiger partial charge in [0, 0.05) is 18.8 Å². The molecule has 0 unspecified atom stereocenters. The Morgan fingerprint density at radius 3 is 2.50 bits per heavy atom. The zero-order valence-corrected chi connectivity index (χ0v) is 12.1. The molecule has 2 aromatic rings. The van der Waals surface area contributed by atoms with Gasteiger partial charge in [0.25, 0.3) is 0 Å². The van der Waals surface area contributed by atoms with Gasteiger partial charge in [-0.25, -0.2) is 9.97 Å². The zero-order valence-electron chi connectivity index (χ0n) is 12.1. The van der Waals surface area contributed by atoms with Crippen LogP contribution in [0.3, 0.4) is 0 Å². The zero-order chi connectivity index (χ0) is 14.4. The molecule has 0 saturated carbocycles. The SMILES string of the molecule is CCNc1ncnc(N(CC)c2ccccc2)c1OC. The smallest absolute Gasteiger partial charge is 0.204 e. The quantitative estimate of drug-likeness (QED) is 0.875. The van der Waals surface area contributed by atoms with E-state index in [0.29, 0.717) is 5.75 Å². The van der Waals surface area contributed by atoms with E-state index in [-0.39, 0.29) is 0 Å². The molecule has 0 saturated heterocycles. The lowest BCUT2D eigenvalue weighted by molar-refractivity contribution is 0.413. The number of anilines is 3. The van der Waals surface area contributed by atoms with Crippen molar-refractivity contribution in [3.8, 4) is 5.75 Å². The maximum Gasteiger partial charge on any atom is 0.204 e. The van der Waals surface area contributed by atoms with Crippen molar-refractivity contribution in [2.45, 2.75) is 13.8 Å². The summed E-state index contributed by atoms with van der Waals surface area (Å²) in [5.74, 6) is 2.15. The molecule has 0 aliphatic heterocycles. The van der Waals surface area contributed by atoms with E-state index in [1.54, 1.807) is 13.4 Å². The number of aromatic nitrogens is 2. The highest BCUT2D eigenvalue weighted by Crippen LogP contribution is 2.35. The Morgan fingerprint density at radius 1 is 1.15 bits per heavy atom. The number of ether oxygens (including phenoxy) is 1. The second kappa shape index (κ2) is 6.75. The molecule has 1 heterocycles. The van der Waals surface area contributed by atoms with Crippen molar-refractivity contribution in [3.63, 3.8) is 0 Å². The maximum absolute atomic E-state index is 5.50. The number of hydrogen-bond donors (Lipinski definition) is 1. The van der Waals surface area contributed by atoms with E-state index in [0.717, 1.165) is 30.4 Å². The number of hydrogen-bond acceptors (Lipinski definition) is 5. The molecule has 0 aliphatic carbocycles. The van der Waals surface area contributed by atoms with Gasteiger partial charge in [-0.2, -0.15) is 0 Å². The van der Waals surface area contributed by atoms with Gasteiger partial charge >= 0.3 is 0 Å². The molecule has 1 aromatic heterocycles. The molecule has 0 atom stereocenters. The fourth-order valence-corrected chi connectivity index (χ4v) is 2.10. The van der Waals surface area contributed by atoms with E-state index in [1.165, 1.54) is 0 Å². The van der Waals surface area contributed by atoms with E-state index >= 15 is 0 Å². The third kappa shape index (κ3) is 2.82. The van der Waals surface area contributed by atoms with Crippen molar-refractivity contribution < 1.29 is 4.74 Å². The number of para-hydroxylation sites is 1. The van der Waals surface area contributed by atoms with Crippen LogP contribution in [0.25, 0.3) is 0 Å². The van der Waals surface area contributed by atoms with Crippen LogP contribution in [-0.2, 0) is 0 Å². The Kier molecular flexibility index (Phi) is 4.76. The molecule has 0 spiro atoms. The molecule has 20 heavy (non-hydrogen) atoms. The first-order chi connectivity index (χ1) is 9.81. The average molecular weight is 272 g/mol. The minimum absolute atomic E-state index is 0.667. The van der Waals surface area contributed by atoms with Crippen LogP contribution in [0, 0.1) is 0 Å². The highest BCUT2D eigenvalue weighted by Gasteiger charge is 2.18. The molecular weight excluding hydrogens is 252 g/mol. The molecule has 2 rings (SSSR count). The fraction of sp³-hybridized carbons (Fsp3) is 0.333. The first-order valence-electron chi connectivity index (χ1n) is 6.77. The molecule has 0 fully saturated rings. The summed E-state index contributed by atoms with van der Waals surface area (Å²) >= 11 is 0. The molecule has 0 aliphatic rings. The minimum Gasteiger partial charge on any atom is -0.490 e. The molecule has 0 bridgehead atoms. The molecule has 1 aromatic carbocycles. The molecular formula is C15H20N4O. The number of nitrogens with zero attached hydrogens (tertiary/aromatic N) is 3. The average Bonchev–Trinajstić information content (AvgIpc) is 2.50. The fourth-order valence-electron chi connectivity index (χ4n) is 2.10. The Bertz CT molecular complexity index is 545. The largest absolute Gasteiger partial charge is 0.490 e. The maximum atomic E-state index is 5.50. The highest BCUT2D eigenvalue weighted by molar-refractivity contribution is 5.71. The number of nitrogens with one attached hydrogen (secondary N) is 1. The third-order valence-electron chi connectivity index (χ3n) is 2.97. The number of methoxy groups -OCH3 is 1. The second-order valence-electron chi connectivity index (χ2n) is 4.19. The monoisotopic (exact) mass is 272 g/mol. The van der Waals surface area contributed by atoms with Gasteiger partial charge in [-0.3, -0.25) is 0 Å². The molecule has 5 heteroatoms. The van der Waals surface area contributed by atoms with E-state index in [9.17, 15) is 0 Å². The highest BCUT2D eigenvalue weighted by atomic mass is 16.5. The van der Waals surface area contributed by atoms with Crippen LogP contribution in [0.1, 0.15) is 13.8 Å². The van der Waals surface area contributed by atoms with Gasteiger partial charge in [-0.1, -0.05) is 18.2 Å². The van der Waals surface area contributed by atoms with Crippen LogP contribution < -0.4 is 15.0 Å². The van der Waals surface area contributed by atoms with E-state index in [2.05, 4.69) is 39.2 Å². The molecule has 0 radical (unpaired) electrons. The first kappa shape index (κ1) is 14.1.